The molecule has 7 nitrogen and oxygen atoms in total. The number of para-hydroxylation sites is 1. The fourth-order valence-corrected chi connectivity index (χ4v) is 6.03. The lowest BCUT2D eigenvalue weighted by atomic mass is 9.97. The van der Waals surface area contributed by atoms with Gasteiger partial charge >= 0.3 is 0 Å². The zero-order valence-corrected chi connectivity index (χ0v) is 19.9. The van der Waals surface area contributed by atoms with Crippen LogP contribution in [0.2, 0.25) is 0 Å². The summed E-state index contributed by atoms with van der Waals surface area (Å²) in [5.74, 6) is 0.491. The maximum Gasteiger partial charge on any atom is 0.267 e. The third kappa shape index (κ3) is 4.76. The predicted octanol–water partition coefficient (Wildman–Crippen LogP) is 4.83. The number of hydrogen-bond donors (Lipinski definition) is 1. The Morgan fingerprint density at radius 1 is 1.21 bits per heavy atom. The second-order valence-electron chi connectivity index (χ2n) is 7.74. The molecule has 0 fully saturated rings. The van der Waals surface area contributed by atoms with Crippen molar-refractivity contribution >= 4 is 51.5 Å². The number of benzene rings is 1. The van der Waals surface area contributed by atoms with Crippen LogP contribution in [-0.4, -0.2) is 27.4 Å². The molecule has 0 saturated heterocycles. The second-order valence-corrected chi connectivity index (χ2v) is 9.76. The van der Waals surface area contributed by atoms with Gasteiger partial charge in [-0.05, 0) is 67.7 Å². The molecule has 34 heavy (non-hydrogen) atoms. The average Bonchev–Trinajstić information content (AvgIpc) is 3.50. The number of carbonyl (C=O) groups excluding carboxylic acids is 1. The molecule has 0 atom stereocenters. The summed E-state index contributed by atoms with van der Waals surface area (Å²) >= 11 is 2.83. The van der Waals surface area contributed by atoms with E-state index in [-0.39, 0.29) is 17.2 Å². The number of hydrogen-bond acceptors (Lipinski definition) is 7. The molecule has 1 aliphatic rings. The SMILES string of the molecule is O=C(CSc1nc2sc3c(c2c(=O)n1-c1ccccc1)CCCC3)N/N=C\C=C\c1ccco1. The number of fused-ring (bicyclic) bond motifs is 3. The van der Waals surface area contributed by atoms with Crippen molar-refractivity contribution in [1.29, 1.82) is 0 Å². The Morgan fingerprint density at radius 2 is 2.06 bits per heavy atom. The van der Waals surface area contributed by atoms with E-state index in [2.05, 4.69) is 10.5 Å². The van der Waals surface area contributed by atoms with E-state index in [0.29, 0.717) is 10.9 Å². The van der Waals surface area contributed by atoms with Gasteiger partial charge in [-0.25, -0.2) is 10.4 Å². The van der Waals surface area contributed by atoms with Crippen molar-refractivity contribution in [3.63, 3.8) is 0 Å². The quantitative estimate of drug-likeness (QED) is 0.174. The van der Waals surface area contributed by atoms with E-state index in [1.807, 2.05) is 36.4 Å². The largest absolute Gasteiger partial charge is 0.465 e. The van der Waals surface area contributed by atoms with Crippen LogP contribution in [0, 0.1) is 0 Å². The maximum atomic E-state index is 13.6. The molecular formula is C25H22N4O3S2. The van der Waals surface area contributed by atoms with Crippen LogP contribution >= 0.6 is 23.1 Å². The topological polar surface area (TPSA) is 89.5 Å². The molecule has 0 aliphatic heterocycles. The number of nitrogens with zero attached hydrogens (tertiary/aromatic N) is 3. The first kappa shape index (κ1) is 22.4. The molecule has 0 unspecified atom stereocenters. The molecule has 3 heterocycles. The van der Waals surface area contributed by atoms with E-state index in [1.54, 1.807) is 40.4 Å². The molecule has 1 aliphatic carbocycles. The van der Waals surface area contributed by atoms with E-state index < -0.39 is 0 Å². The number of thiophene rings is 1. The summed E-state index contributed by atoms with van der Waals surface area (Å²) in [6, 6.07) is 13.1. The Bertz CT molecular complexity index is 1420. The molecule has 5 rings (SSSR count). The number of allylic oxidation sites excluding steroid dienone is 1. The third-order valence-electron chi connectivity index (χ3n) is 5.46. The minimum Gasteiger partial charge on any atom is -0.465 e. The summed E-state index contributed by atoms with van der Waals surface area (Å²) in [6.07, 6.45) is 10.6. The number of nitrogens with one attached hydrogen (secondary N) is 1. The first-order valence-corrected chi connectivity index (χ1v) is 12.8. The Morgan fingerprint density at radius 3 is 2.88 bits per heavy atom. The molecule has 1 N–H and O–H groups in total. The van der Waals surface area contributed by atoms with Gasteiger partial charge in [0.05, 0.1) is 23.1 Å². The highest BCUT2D eigenvalue weighted by atomic mass is 32.2. The summed E-state index contributed by atoms with van der Waals surface area (Å²) in [5.41, 5.74) is 4.32. The predicted molar refractivity (Wildman–Crippen MR) is 137 cm³/mol. The highest BCUT2D eigenvalue weighted by Crippen LogP contribution is 2.35. The number of aryl methyl sites for hydroxylation is 2. The standard InChI is InChI=1S/C25H22N4O3S2/c30-21(28-26-14-6-10-18-11-7-15-32-18)16-33-25-27-23-22(19-12-4-5-13-20(19)34-23)24(31)29(25)17-8-2-1-3-9-17/h1-3,6-11,14-15H,4-5,12-13,16H2,(H,28,30)/b10-6+,26-14-. The highest BCUT2D eigenvalue weighted by Gasteiger charge is 2.23. The summed E-state index contributed by atoms with van der Waals surface area (Å²) in [5, 5.41) is 5.15. The zero-order chi connectivity index (χ0) is 23.3. The lowest BCUT2D eigenvalue weighted by Gasteiger charge is -2.13. The highest BCUT2D eigenvalue weighted by molar-refractivity contribution is 7.99. The van der Waals surface area contributed by atoms with Gasteiger partial charge in [0, 0.05) is 11.1 Å². The molecule has 1 amide bonds. The van der Waals surface area contributed by atoms with Crippen LogP contribution in [-0.2, 0) is 17.6 Å². The summed E-state index contributed by atoms with van der Waals surface area (Å²) in [7, 11) is 0. The first-order valence-electron chi connectivity index (χ1n) is 11.0. The van der Waals surface area contributed by atoms with E-state index >= 15 is 0 Å². The molecule has 0 radical (unpaired) electrons. The lowest BCUT2D eigenvalue weighted by molar-refractivity contribution is -0.118. The van der Waals surface area contributed by atoms with Crippen LogP contribution in [0.4, 0.5) is 0 Å². The van der Waals surface area contributed by atoms with Gasteiger partial charge in [0.15, 0.2) is 5.16 Å². The van der Waals surface area contributed by atoms with Crippen molar-refractivity contribution in [2.45, 2.75) is 30.8 Å². The summed E-state index contributed by atoms with van der Waals surface area (Å²) in [4.78, 5) is 32.9. The number of carbonyl (C=O) groups is 1. The molecule has 9 heteroatoms. The minimum atomic E-state index is -0.285. The zero-order valence-electron chi connectivity index (χ0n) is 18.3. The lowest BCUT2D eigenvalue weighted by Crippen LogP contribution is -2.24. The third-order valence-corrected chi connectivity index (χ3v) is 7.58. The van der Waals surface area contributed by atoms with Crippen LogP contribution in [0.1, 0.15) is 29.0 Å². The van der Waals surface area contributed by atoms with Crippen molar-refractivity contribution in [3.8, 4) is 5.69 Å². The van der Waals surface area contributed by atoms with E-state index in [4.69, 9.17) is 9.40 Å². The molecule has 3 aromatic heterocycles. The van der Waals surface area contributed by atoms with Gasteiger partial charge in [0.2, 0.25) is 0 Å². The van der Waals surface area contributed by atoms with Crippen molar-refractivity contribution in [1.82, 2.24) is 15.0 Å². The van der Waals surface area contributed by atoms with Gasteiger partial charge in [0.25, 0.3) is 11.5 Å². The van der Waals surface area contributed by atoms with E-state index in [9.17, 15) is 9.59 Å². The molecule has 0 spiro atoms. The number of aromatic nitrogens is 2. The van der Waals surface area contributed by atoms with E-state index in [0.717, 1.165) is 47.2 Å². The molecule has 0 bridgehead atoms. The van der Waals surface area contributed by atoms with Crippen LogP contribution < -0.4 is 11.0 Å². The van der Waals surface area contributed by atoms with Gasteiger partial charge in [-0.3, -0.25) is 14.2 Å². The fourth-order valence-electron chi connectivity index (χ4n) is 3.93. The average molecular weight is 491 g/mol. The van der Waals surface area contributed by atoms with Crippen LogP contribution in [0.25, 0.3) is 22.0 Å². The molecule has 1 aromatic carbocycles. The normalized spacial score (nSPS) is 13.6. The van der Waals surface area contributed by atoms with Gasteiger partial charge in [-0.1, -0.05) is 30.0 Å². The number of thioether (sulfide) groups is 1. The minimum absolute atomic E-state index is 0.0698. The van der Waals surface area contributed by atoms with Crippen molar-refractivity contribution < 1.29 is 9.21 Å². The molecule has 0 saturated carbocycles. The first-order chi connectivity index (χ1) is 16.7. The molecule has 172 valence electrons. The fraction of sp³-hybridized carbons (Fsp3) is 0.200. The van der Waals surface area contributed by atoms with Crippen LogP contribution in [0.5, 0.6) is 0 Å². The van der Waals surface area contributed by atoms with Crippen molar-refractivity contribution in [2.75, 3.05) is 5.75 Å². The monoisotopic (exact) mass is 490 g/mol. The molecule has 4 aromatic rings. The number of hydrazone groups is 1. The second kappa shape index (κ2) is 10.2. The number of rotatable bonds is 7. The Kier molecular flexibility index (Phi) is 6.73. The number of furan rings is 1. The van der Waals surface area contributed by atoms with Gasteiger partial charge in [0.1, 0.15) is 10.6 Å². The summed E-state index contributed by atoms with van der Waals surface area (Å²) in [6.45, 7) is 0. The van der Waals surface area contributed by atoms with Gasteiger partial charge in [-0.15, -0.1) is 11.3 Å². The van der Waals surface area contributed by atoms with Crippen molar-refractivity contribution in [3.05, 3.63) is 81.4 Å². The number of amides is 1. The van der Waals surface area contributed by atoms with Gasteiger partial charge < -0.3 is 4.42 Å². The smallest absolute Gasteiger partial charge is 0.267 e. The maximum absolute atomic E-state index is 13.6. The van der Waals surface area contributed by atoms with Crippen LogP contribution in [0.3, 0.4) is 0 Å². The summed E-state index contributed by atoms with van der Waals surface area (Å²) < 4.78 is 6.81. The molecular weight excluding hydrogens is 468 g/mol. The Hall–Kier alpha value is -3.43. The Balaban J connectivity index is 1.38. The van der Waals surface area contributed by atoms with Crippen molar-refractivity contribution in [2.24, 2.45) is 5.10 Å². The van der Waals surface area contributed by atoms with Crippen LogP contribution in [0.15, 0.2) is 74.3 Å². The Labute approximate surface area is 204 Å². The van der Waals surface area contributed by atoms with Gasteiger partial charge in [-0.2, -0.15) is 5.10 Å². The van der Waals surface area contributed by atoms with E-state index in [1.165, 1.54) is 22.9 Å².